The van der Waals surface area contributed by atoms with Crippen LogP contribution in [0, 0.1) is 6.92 Å². The highest BCUT2D eigenvalue weighted by atomic mass is 79.9. The first kappa shape index (κ1) is 22.1. The molecule has 0 radical (unpaired) electrons. The monoisotopic (exact) mass is 492 g/mol. The fourth-order valence-electron chi connectivity index (χ4n) is 4.35. The summed E-state index contributed by atoms with van der Waals surface area (Å²) in [5.41, 5.74) is 5.38. The van der Waals surface area contributed by atoms with Gasteiger partial charge in [-0.3, -0.25) is 4.79 Å². The van der Waals surface area contributed by atoms with Crippen molar-refractivity contribution < 1.29 is 35.8 Å². The Morgan fingerprint density at radius 3 is 2.66 bits per heavy atom. The van der Waals surface area contributed by atoms with E-state index in [0.717, 1.165) is 47.9 Å². The summed E-state index contributed by atoms with van der Waals surface area (Å²) < 4.78 is 15.2. The standard InChI is InChI=1S/C26H25N2O3.BrH/c1-18-27(16-19-7-12-26-21(15-19)13-14-31-26)23-5-3-4-6-24(23)28(18)17-25(29)20-8-10-22(30-2)11-9-20;/h3-12,15H,13-14,16-17H2,1-2H3;1H/q+1;/p-1. The number of para-hydroxylation sites is 2. The van der Waals surface area contributed by atoms with Gasteiger partial charge in [0.1, 0.15) is 18.0 Å². The van der Waals surface area contributed by atoms with Crippen LogP contribution in [-0.2, 0) is 19.5 Å². The van der Waals surface area contributed by atoms with Gasteiger partial charge < -0.3 is 26.5 Å². The number of nitrogens with zero attached hydrogens (tertiary/aromatic N) is 2. The summed E-state index contributed by atoms with van der Waals surface area (Å²) in [6.07, 6.45) is 0.963. The molecule has 6 heteroatoms. The second-order valence-electron chi connectivity index (χ2n) is 7.90. The highest BCUT2D eigenvalue weighted by molar-refractivity contribution is 5.96. The average molecular weight is 493 g/mol. The van der Waals surface area contributed by atoms with Crippen LogP contribution in [0.5, 0.6) is 11.5 Å². The van der Waals surface area contributed by atoms with Crippen LogP contribution in [-0.4, -0.2) is 24.1 Å². The van der Waals surface area contributed by atoms with Crippen molar-refractivity contribution in [2.75, 3.05) is 13.7 Å². The van der Waals surface area contributed by atoms with Crippen molar-refractivity contribution in [1.29, 1.82) is 0 Å². The summed E-state index contributed by atoms with van der Waals surface area (Å²) >= 11 is 0. The van der Waals surface area contributed by atoms with Crippen LogP contribution >= 0.6 is 0 Å². The molecule has 5 nitrogen and oxygen atoms in total. The largest absolute Gasteiger partial charge is 1.00 e. The van der Waals surface area contributed by atoms with Gasteiger partial charge in [0.25, 0.3) is 5.82 Å². The van der Waals surface area contributed by atoms with Crippen molar-refractivity contribution in [3.05, 3.63) is 89.2 Å². The van der Waals surface area contributed by atoms with Gasteiger partial charge in [-0.2, -0.15) is 0 Å². The molecule has 0 saturated carbocycles. The number of carbonyl (C=O) groups is 1. The number of hydrogen-bond donors (Lipinski definition) is 0. The van der Waals surface area contributed by atoms with Crippen molar-refractivity contribution in [3.63, 3.8) is 0 Å². The molecule has 0 spiro atoms. The Balaban J connectivity index is 0.00000245. The van der Waals surface area contributed by atoms with Crippen molar-refractivity contribution in [2.45, 2.75) is 26.4 Å². The number of Topliss-reactive ketones (excluding diaryl/α,β-unsaturated/α-hetero) is 1. The van der Waals surface area contributed by atoms with Crippen molar-refractivity contribution in [2.24, 2.45) is 0 Å². The van der Waals surface area contributed by atoms with Crippen LogP contribution < -0.4 is 31.0 Å². The Morgan fingerprint density at radius 2 is 1.88 bits per heavy atom. The lowest BCUT2D eigenvalue weighted by atomic mass is 10.1. The molecule has 0 unspecified atom stereocenters. The molecule has 32 heavy (non-hydrogen) atoms. The molecule has 164 valence electrons. The maximum atomic E-state index is 13.0. The van der Waals surface area contributed by atoms with Crippen LogP contribution in [0.1, 0.15) is 27.3 Å². The van der Waals surface area contributed by atoms with Crippen LogP contribution in [0.3, 0.4) is 0 Å². The van der Waals surface area contributed by atoms with Crippen molar-refractivity contribution >= 4 is 16.8 Å². The maximum absolute atomic E-state index is 13.0. The second-order valence-corrected chi connectivity index (χ2v) is 7.90. The van der Waals surface area contributed by atoms with E-state index < -0.39 is 0 Å². The second kappa shape index (κ2) is 9.17. The maximum Gasteiger partial charge on any atom is 0.254 e. The van der Waals surface area contributed by atoms with Gasteiger partial charge in [-0.25, -0.2) is 9.13 Å². The fourth-order valence-corrected chi connectivity index (χ4v) is 4.35. The average Bonchev–Trinajstić information content (AvgIpc) is 3.37. The molecule has 3 aromatic carbocycles. The number of methoxy groups -OCH3 is 1. The topological polar surface area (TPSA) is 44.3 Å². The first-order valence-electron chi connectivity index (χ1n) is 10.5. The van der Waals surface area contributed by atoms with Crippen LogP contribution in [0.4, 0.5) is 0 Å². The van der Waals surface area contributed by atoms with Crippen molar-refractivity contribution in [1.82, 2.24) is 4.57 Å². The molecule has 0 atom stereocenters. The summed E-state index contributed by atoms with van der Waals surface area (Å²) in [7, 11) is 1.62. The molecule has 2 heterocycles. The minimum atomic E-state index is 0. The van der Waals surface area contributed by atoms with Crippen LogP contribution in [0.25, 0.3) is 11.0 Å². The van der Waals surface area contributed by atoms with Crippen molar-refractivity contribution in [3.8, 4) is 11.5 Å². The lowest BCUT2D eigenvalue weighted by Crippen LogP contribution is -3.00. The molecule has 1 aliphatic heterocycles. The van der Waals surface area contributed by atoms with Crippen LogP contribution in [0.15, 0.2) is 66.7 Å². The highest BCUT2D eigenvalue weighted by Gasteiger charge is 2.24. The van der Waals surface area contributed by atoms with E-state index in [0.29, 0.717) is 12.1 Å². The van der Waals surface area contributed by atoms with E-state index in [2.05, 4.69) is 46.4 Å². The summed E-state index contributed by atoms with van der Waals surface area (Å²) in [6.45, 7) is 3.89. The first-order valence-corrected chi connectivity index (χ1v) is 10.5. The minimum Gasteiger partial charge on any atom is -1.00 e. The normalized spacial score (nSPS) is 12.2. The predicted molar refractivity (Wildman–Crippen MR) is 119 cm³/mol. The molecule has 0 bridgehead atoms. The number of carbonyl (C=O) groups excluding carboxylic acids is 1. The van der Waals surface area contributed by atoms with E-state index in [1.54, 1.807) is 7.11 Å². The molecular weight excluding hydrogens is 468 g/mol. The lowest BCUT2D eigenvalue weighted by molar-refractivity contribution is -0.669. The summed E-state index contributed by atoms with van der Waals surface area (Å²) in [5, 5.41) is 0. The Labute approximate surface area is 198 Å². The molecule has 1 aliphatic rings. The number of halogens is 1. The number of ketones is 1. The zero-order valence-corrected chi connectivity index (χ0v) is 19.8. The SMILES string of the molecule is COc1ccc(C(=O)Cn2c(C)[n+](Cc3ccc4c(c3)CCO4)c3ccccc32)cc1.[Br-]. The quantitative estimate of drug-likeness (QED) is 0.299. The lowest BCUT2D eigenvalue weighted by Gasteiger charge is -2.05. The zero-order chi connectivity index (χ0) is 21.4. The van der Waals surface area contributed by atoms with Gasteiger partial charge in [0.05, 0.1) is 13.7 Å². The Kier molecular flexibility index (Phi) is 6.33. The van der Waals surface area contributed by atoms with E-state index >= 15 is 0 Å². The first-order chi connectivity index (χ1) is 15.1. The Bertz CT molecular complexity index is 1280. The number of ether oxygens (including phenoxy) is 2. The number of aromatic nitrogens is 2. The summed E-state index contributed by atoms with van der Waals surface area (Å²) in [5.74, 6) is 2.88. The third kappa shape index (κ3) is 4.02. The number of rotatable bonds is 6. The Morgan fingerprint density at radius 1 is 1.09 bits per heavy atom. The zero-order valence-electron chi connectivity index (χ0n) is 18.2. The number of benzene rings is 3. The highest BCUT2D eigenvalue weighted by Crippen LogP contribution is 2.26. The predicted octanol–water partition coefficient (Wildman–Crippen LogP) is 1.12. The number of imidazole rings is 1. The van der Waals surface area contributed by atoms with Gasteiger partial charge in [-0.1, -0.05) is 18.2 Å². The molecule has 0 aliphatic carbocycles. The number of fused-ring (bicyclic) bond motifs is 2. The molecule has 0 fully saturated rings. The van der Waals surface area contributed by atoms with E-state index in [1.165, 1.54) is 11.1 Å². The van der Waals surface area contributed by atoms with E-state index in [1.807, 2.05) is 36.4 Å². The van der Waals surface area contributed by atoms with E-state index in [4.69, 9.17) is 9.47 Å². The molecule has 0 saturated heterocycles. The van der Waals surface area contributed by atoms with Gasteiger partial charge in [0.2, 0.25) is 5.78 Å². The van der Waals surface area contributed by atoms with Gasteiger partial charge in [-0.05, 0) is 59.7 Å². The summed E-state index contributed by atoms with van der Waals surface area (Å²) in [4.78, 5) is 13.0. The molecule has 1 aromatic heterocycles. The Hall–Kier alpha value is -3.12. The summed E-state index contributed by atoms with van der Waals surface area (Å²) in [6, 6.07) is 22.0. The third-order valence-corrected chi connectivity index (χ3v) is 6.05. The third-order valence-electron chi connectivity index (χ3n) is 6.05. The molecule has 5 rings (SSSR count). The van der Waals surface area contributed by atoms with Gasteiger partial charge >= 0.3 is 0 Å². The smallest absolute Gasteiger partial charge is 0.254 e. The van der Waals surface area contributed by atoms with Gasteiger partial charge in [-0.15, -0.1) is 0 Å². The molecule has 0 amide bonds. The van der Waals surface area contributed by atoms with Crippen LogP contribution in [0.2, 0.25) is 0 Å². The number of hydrogen-bond acceptors (Lipinski definition) is 3. The van der Waals surface area contributed by atoms with Gasteiger partial charge in [0, 0.05) is 18.9 Å². The van der Waals surface area contributed by atoms with E-state index in [-0.39, 0.29) is 22.8 Å². The molecule has 0 N–H and O–H groups in total. The molecule has 4 aromatic rings. The fraction of sp³-hybridized carbons (Fsp3) is 0.231. The minimum absolute atomic E-state index is 0. The molecular formula is C26H25BrN2O3. The van der Waals surface area contributed by atoms with Gasteiger partial charge in [0.15, 0.2) is 17.6 Å². The van der Waals surface area contributed by atoms with E-state index in [9.17, 15) is 4.79 Å².